The molecule has 3 aromatic carbocycles. The Kier molecular flexibility index (Phi) is 9.05. The van der Waals surface area contributed by atoms with E-state index in [1.807, 2.05) is 66.4 Å². The van der Waals surface area contributed by atoms with Gasteiger partial charge in [0.1, 0.15) is 5.75 Å². The molecule has 0 bridgehead atoms. The minimum Gasteiger partial charge on any atom is -0.497 e. The van der Waals surface area contributed by atoms with E-state index in [1.54, 1.807) is 19.2 Å². The molecule has 0 fully saturated rings. The van der Waals surface area contributed by atoms with Gasteiger partial charge in [-0.3, -0.25) is 4.79 Å². The zero-order valence-corrected chi connectivity index (χ0v) is 19.3. The maximum absolute atomic E-state index is 13.2. The Hall–Kier alpha value is -3.62. The predicted molar refractivity (Wildman–Crippen MR) is 131 cm³/mol. The van der Waals surface area contributed by atoms with Crippen molar-refractivity contribution in [2.75, 3.05) is 20.2 Å². The van der Waals surface area contributed by atoms with Crippen LogP contribution >= 0.6 is 0 Å². The maximum Gasteiger partial charge on any atom is 0.253 e. The standard InChI is InChI=1S/C28H31N3O2/c1-3-31(28(32)23-14-17-27(33-2)18-15-23)21-26(16-13-22-9-5-4-6-10-22)30-20-25-12-8-7-11-24(25)19-29/h4-12,14-15,17-18,26,30H,3,13,16,20-21H2,1-2H3/t26-/m0/s1. The molecule has 3 aromatic rings. The van der Waals surface area contributed by atoms with Crippen LogP contribution in [0.1, 0.15) is 40.4 Å². The minimum absolute atomic E-state index is 0.00379. The lowest BCUT2D eigenvalue weighted by Gasteiger charge is -2.28. The van der Waals surface area contributed by atoms with Crippen molar-refractivity contribution in [2.45, 2.75) is 32.4 Å². The molecule has 0 aliphatic heterocycles. The SMILES string of the molecule is CCN(C[C@H](CCc1ccccc1)NCc1ccccc1C#N)C(=O)c1ccc(OC)cc1. The first-order valence-corrected chi connectivity index (χ1v) is 11.3. The fourth-order valence-electron chi connectivity index (χ4n) is 3.82. The summed E-state index contributed by atoms with van der Waals surface area (Å²) in [6, 6.07) is 27.6. The smallest absolute Gasteiger partial charge is 0.253 e. The van der Waals surface area contributed by atoms with Crippen LogP contribution in [-0.4, -0.2) is 37.0 Å². The highest BCUT2D eigenvalue weighted by Gasteiger charge is 2.19. The lowest BCUT2D eigenvalue weighted by Crippen LogP contribution is -2.43. The molecule has 0 saturated heterocycles. The van der Waals surface area contributed by atoms with Crippen LogP contribution in [0.15, 0.2) is 78.9 Å². The lowest BCUT2D eigenvalue weighted by molar-refractivity contribution is 0.0745. The van der Waals surface area contributed by atoms with Crippen molar-refractivity contribution >= 4 is 5.91 Å². The number of benzene rings is 3. The van der Waals surface area contributed by atoms with Gasteiger partial charge < -0.3 is 15.0 Å². The van der Waals surface area contributed by atoms with Crippen LogP contribution < -0.4 is 10.1 Å². The summed E-state index contributed by atoms with van der Waals surface area (Å²) in [5, 5.41) is 13.0. The Morgan fingerprint density at radius 2 is 1.73 bits per heavy atom. The number of nitriles is 1. The molecule has 0 saturated carbocycles. The molecule has 0 aliphatic carbocycles. The third-order valence-corrected chi connectivity index (χ3v) is 5.79. The highest BCUT2D eigenvalue weighted by atomic mass is 16.5. The van der Waals surface area contributed by atoms with E-state index in [0.717, 1.165) is 24.2 Å². The topological polar surface area (TPSA) is 65.4 Å². The van der Waals surface area contributed by atoms with Crippen LogP contribution in [0.2, 0.25) is 0 Å². The summed E-state index contributed by atoms with van der Waals surface area (Å²) in [5.41, 5.74) is 3.56. The molecule has 33 heavy (non-hydrogen) atoms. The molecule has 1 N–H and O–H groups in total. The molecule has 5 heteroatoms. The molecule has 0 aromatic heterocycles. The third-order valence-electron chi connectivity index (χ3n) is 5.79. The average molecular weight is 442 g/mol. The number of hydrogen-bond donors (Lipinski definition) is 1. The van der Waals surface area contributed by atoms with Crippen molar-refractivity contribution in [3.05, 3.63) is 101 Å². The van der Waals surface area contributed by atoms with Gasteiger partial charge in [-0.1, -0.05) is 48.5 Å². The Bertz CT molecular complexity index is 1060. The first kappa shape index (κ1) is 24.0. The summed E-state index contributed by atoms with van der Waals surface area (Å²) < 4.78 is 5.21. The van der Waals surface area contributed by atoms with Crippen LogP contribution in [0.25, 0.3) is 0 Å². The number of carbonyl (C=O) groups is 1. The highest BCUT2D eigenvalue weighted by Crippen LogP contribution is 2.15. The summed E-state index contributed by atoms with van der Waals surface area (Å²) in [5.74, 6) is 0.734. The van der Waals surface area contributed by atoms with Crippen molar-refractivity contribution in [2.24, 2.45) is 0 Å². The minimum atomic E-state index is 0.00379. The Morgan fingerprint density at radius 1 is 1.03 bits per heavy atom. The summed E-state index contributed by atoms with van der Waals surface area (Å²) in [7, 11) is 1.61. The second-order valence-corrected chi connectivity index (χ2v) is 7.94. The van der Waals surface area contributed by atoms with E-state index in [2.05, 4.69) is 23.5 Å². The average Bonchev–Trinajstić information content (AvgIpc) is 2.88. The molecule has 0 spiro atoms. The molecule has 1 atom stereocenters. The van der Waals surface area contributed by atoms with E-state index in [0.29, 0.717) is 30.8 Å². The summed E-state index contributed by atoms with van der Waals surface area (Å²) in [4.78, 5) is 15.0. The number of nitrogens with zero attached hydrogens (tertiary/aromatic N) is 2. The number of carbonyl (C=O) groups excluding carboxylic acids is 1. The van der Waals surface area contributed by atoms with Crippen LogP contribution in [-0.2, 0) is 13.0 Å². The van der Waals surface area contributed by atoms with Crippen LogP contribution in [0.4, 0.5) is 0 Å². The second kappa shape index (κ2) is 12.4. The Morgan fingerprint density at radius 3 is 2.39 bits per heavy atom. The fraction of sp³-hybridized carbons (Fsp3) is 0.286. The number of likely N-dealkylation sites (N-methyl/N-ethyl adjacent to an activating group) is 1. The largest absolute Gasteiger partial charge is 0.497 e. The van der Waals surface area contributed by atoms with Gasteiger partial charge in [0.25, 0.3) is 5.91 Å². The quantitative estimate of drug-likeness (QED) is 0.463. The molecule has 1 amide bonds. The van der Waals surface area contributed by atoms with Gasteiger partial charge in [-0.25, -0.2) is 0 Å². The van der Waals surface area contributed by atoms with Crippen molar-refractivity contribution in [3.8, 4) is 11.8 Å². The normalized spacial score (nSPS) is 11.4. The van der Waals surface area contributed by atoms with E-state index in [4.69, 9.17) is 4.74 Å². The van der Waals surface area contributed by atoms with Crippen molar-refractivity contribution < 1.29 is 9.53 Å². The number of methoxy groups -OCH3 is 1. The molecule has 0 radical (unpaired) electrons. The lowest BCUT2D eigenvalue weighted by atomic mass is 10.0. The van der Waals surface area contributed by atoms with E-state index in [1.165, 1.54) is 5.56 Å². The number of nitrogens with one attached hydrogen (secondary N) is 1. The highest BCUT2D eigenvalue weighted by molar-refractivity contribution is 5.94. The number of rotatable bonds is 11. The first-order valence-electron chi connectivity index (χ1n) is 11.3. The zero-order valence-electron chi connectivity index (χ0n) is 19.3. The summed E-state index contributed by atoms with van der Waals surface area (Å²) in [6.07, 6.45) is 1.79. The summed E-state index contributed by atoms with van der Waals surface area (Å²) >= 11 is 0. The maximum atomic E-state index is 13.2. The van der Waals surface area contributed by atoms with E-state index in [9.17, 15) is 10.1 Å². The first-order chi connectivity index (χ1) is 16.1. The number of aryl methyl sites for hydroxylation is 1. The summed E-state index contributed by atoms with van der Waals surface area (Å²) in [6.45, 7) is 3.78. The molecule has 170 valence electrons. The van der Waals surface area contributed by atoms with Gasteiger partial charge in [0.05, 0.1) is 18.7 Å². The van der Waals surface area contributed by atoms with Gasteiger partial charge >= 0.3 is 0 Å². The van der Waals surface area contributed by atoms with E-state index >= 15 is 0 Å². The van der Waals surface area contributed by atoms with Gasteiger partial charge in [0.2, 0.25) is 0 Å². The van der Waals surface area contributed by atoms with Crippen LogP contribution in [0.3, 0.4) is 0 Å². The van der Waals surface area contributed by atoms with E-state index in [-0.39, 0.29) is 11.9 Å². The molecule has 5 nitrogen and oxygen atoms in total. The molecular weight excluding hydrogens is 410 g/mol. The zero-order chi connectivity index (χ0) is 23.5. The van der Waals surface area contributed by atoms with Gasteiger partial charge in [-0.2, -0.15) is 5.26 Å². The molecule has 3 rings (SSSR count). The molecule has 0 heterocycles. The van der Waals surface area contributed by atoms with Gasteiger partial charge in [0.15, 0.2) is 0 Å². The van der Waals surface area contributed by atoms with Crippen LogP contribution in [0.5, 0.6) is 5.75 Å². The molecular formula is C28H31N3O2. The monoisotopic (exact) mass is 441 g/mol. The van der Waals surface area contributed by atoms with Crippen molar-refractivity contribution in [3.63, 3.8) is 0 Å². The van der Waals surface area contributed by atoms with E-state index < -0.39 is 0 Å². The van der Waals surface area contributed by atoms with Gasteiger partial charge in [0, 0.05) is 31.2 Å². The Labute approximate surface area is 196 Å². The Balaban J connectivity index is 1.72. The predicted octanol–water partition coefficient (Wildman–Crippen LogP) is 4.82. The number of hydrogen-bond acceptors (Lipinski definition) is 4. The third kappa shape index (κ3) is 6.93. The van der Waals surface area contributed by atoms with Crippen molar-refractivity contribution in [1.29, 1.82) is 5.26 Å². The fourth-order valence-corrected chi connectivity index (χ4v) is 3.82. The molecule has 0 aliphatic rings. The van der Waals surface area contributed by atoms with Crippen LogP contribution in [0, 0.1) is 11.3 Å². The number of ether oxygens (including phenoxy) is 1. The van der Waals surface area contributed by atoms with Gasteiger partial charge in [-0.05, 0) is 61.2 Å². The van der Waals surface area contributed by atoms with Gasteiger partial charge in [-0.15, -0.1) is 0 Å². The molecule has 0 unspecified atom stereocenters. The van der Waals surface area contributed by atoms with Crippen molar-refractivity contribution in [1.82, 2.24) is 10.2 Å². The number of amides is 1. The second-order valence-electron chi connectivity index (χ2n) is 7.94.